The van der Waals surface area contributed by atoms with E-state index in [1.165, 1.54) is 27.8 Å². The average molecular weight is 253 g/mol. The van der Waals surface area contributed by atoms with Gasteiger partial charge in [0.25, 0.3) is 0 Å². The van der Waals surface area contributed by atoms with Gasteiger partial charge in [-0.1, -0.05) is 56.3 Å². The van der Waals surface area contributed by atoms with Gasteiger partial charge in [-0.15, -0.1) is 0 Å². The minimum Gasteiger partial charge on any atom is -0.312 e. The van der Waals surface area contributed by atoms with Crippen molar-refractivity contribution in [2.75, 3.05) is 6.54 Å². The third-order valence-electron chi connectivity index (χ3n) is 3.58. The van der Waals surface area contributed by atoms with Gasteiger partial charge in [0.15, 0.2) is 0 Å². The maximum absolute atomic E-state index is 3.47. The zero-order valence-corrected chi connectivity index (χ0v) is 12.2. The van der Waals surface area contributed by atoms with Crippen molar-refractivity contribution in [3.8, 4) is 11.1 Å². The van der Waals surface area contributed by atoms with Crippen molar-refractivity contribution in [1.29, 1.82) is 0 Å². The smallest absolute Gasteiger partial charge is 0.0214 e. The molecule has 0 radical (unpaired) electrons. The number of rotatable bonds is 1. The van der Waals surface area contributed by atoms with E-state index in [9.17, 15) is 0 Å². The number of hydrogen-bond donors (Lipinski definition) is 1. The fraction of sp³-hybridized carbons (Fsp3) is 0.333. The van der Waals surface area contributed by atoms with Gasteiger partial charge in [-0.3, -0.25) is 0 Å². The van der Waals surface area contributed by atoms with Gasteiger partial charge < -0.3 is 5.32 Å². The standard InChI is InChI=1S/C16H17N.C2H6/c1-12-5-2-3-7-14(12)15-8-4-6-13-9-10-17-11-16(13)15;1-2/h2-8,17H,9-11H2,1H3;1-2H3. The predicted octanol–water partition coefficient (Wildman–Crippen LogP) is 4.33. The molecule has 19 heavy (non-hydrogen) atoms. The number of hydrogen-bond acceptors (Lipinski definition) is 1. The molecule has 0 atom stereocenters. The van der Waals surface area contributed by atoms with Gasteiger partial charge in [0, 0.05) is 6.54 Å². The Kier molecular flexibility index (Phi) is 4.75. The Hall–Kier alpha value is -1.60. The Morgan fingerprint density at radius 3 is 2.42 bits per heavy atom. The molecule has 0 aliphatic carbocycles. The molecule has 1 heterocycles. The lowest BCUT2D eigenvalue weighted by molar-refractivity contribution is 0.645. The van der Waals surface area contributed by atoms with E-state index >= 15 is 0 Å². The van der Waals surface area contributed by atoms with Crippen LogP contribution >= 0.6 is 0 Å². The van der Waals surface area contributed by atoms with Crippen molar-refractivity contribution in [2.24, 2.45) is 0 Å². The third kappa shape index (κ3) is 2.87. The first kappa shape index (κ1) is 13.8. The lowest BCUT2D eigenvalue weighted by Gasteiger charge is -2.21. The highest BCUT2D eigenvalue weighted by atomic mass is 14.9. The van der Waals surface area contributed by atoms with Gasteiger partial charge in [-0.05, 0) is 47.7 Å². The van der Waals surface area contributed by atoms with E-state index < -0.39 is 0 Å². The highest BCUT2D eigenvalue weighted by Gasteiger charge is 2.14. The minimum atomic E-state index is 1.000. The lowest BCUT2D eigenvalue weighted by Crippen LogP contribution is -2.24. The second-order valence-corrected chi connectivity index (χ2v) is 4.68. The molecule has 0 saturated carbocycles. The van der Waals surface area contributed by atoms with E-state index in [2.05, 4.69) is 54.7 Å². The zero-order chi connectivity index (χ0) is 13.7. The number of benzene rings is 2. The lowest BCUT2D eigenvalue weighted by atomic mass is 9.90. The van der Waals surface area contributed by atoms with Crippen molar-refractivity contribution in [2.45, 2.75) is 33.7 Å². The fourth-order valence-corrected chi connectivity index (χ4v) is 2.64. The summed E-state index contributed by atoms with van der Waals surface area (Å²) in [5, 5.41) is 3.47. The Morgan fingerprint density at radius 1 is 0.895 bits per heavy atom. The Bertz CT molecular complexity index is 543. The third-order valence-corrected chi connectivity index (χ3v) is 3.58. The Balaban J connectivity index is 0.000000637. The van der Waals surface area contributed by atoms with Crippen molar-refractivity contribution in [1.82, 2.24) is 5.32 Å². The van der Waals surface area contributed by atoms with Gasteiger partial charge in [-0.2, -0.15) is 0 Å². The Labute approximate surface area is 116 Å². The van der Waals surface area contributed by atoms with E-state index in [-0.39, 0.29) is 0 Å². The summed E-state index contributed by atoms with van der Waals surface area (Å²) in [6.07, 6.45) is 1.15. The Morgan fingerprint density at radius 2 is 1.63 bits per heavy atom. The molecule has 1 aliphatic heterocycles. The largest absolute Gasteiger partial charge is 0.312 e. The summed E-state index contributed by atoms with van der Waals surface area (Å²) in [7, 11) is 0. The van der Waals surface area contributed by atoms with Gasteiger partial charge in [-0.25, -0.2) is 0 Å². The molecule has 1 heteroatoms. The van der Waals surface area contributed by atoms with Crippen LogP contribution in [0.1, 0.15) is 30.5 Å². The van der Waals surface area contributed by atoms with Gasteiger partial charge in [0.1, 0.15) is 0 Å². The van der Waals surface area contributed by atoms with Crippen LogP contribution in [-0.4, -0.2) is 6.54 Å². The summed E-state index contributed by atoms with van der Waals surface area (Å²) in [5.41, 5.74) is 7.10. The fourth-order valence-electron chi connectivity index (χ4n) is 2.64. The molecule has 1 aliphatic rings. The molecule has 100 valence electrons. The van der Waals surface area contributed by atoms with Crippen LogP contribution in [0.15, 0.2) is 42.5 Å². The molecule has 2 aromatic rings. The van der Waals surface area contributed by atoms with Crippen molar-refractivity contribution < 1.29 is 0 Å². The maximum atomic E-state index is 3.47. The molecule has 0 saturated heterocycles. The van der Waals surface area contributed by atoms with Crippen molar-refractivity contribution >= 4 is 0 Å². The van der Waals surface area contributed by atoms with Crippen LogP contribution in [0, 0.1) is 6.92 Å². The maximum Gasteiger partial charge on any atom is 0.0214 e. The summed E-state index contributed by atoms with van der Waals surface area (Å²) in [5.74, 6) is 0. The van der Waals surface area contributed by atoms with Crippen LogP contribution < -0.4 is 5.32 Å². The van der Waals surface area contributed by atoms with Gasteiger partial charge >= 0.3 is 0 Å². The first-order chi connectivity index (χ1) is 9.36. The van der Waals surface area contributed by atoms with Crippen LogP contribution in [0.5, 0.6) is 0 Å². The van der Waals surface area contributed by atoms with Crippen LogP contribution in [0.3, 0.4) is 0 Å². The quantitative estimate of drug-likeness (QED) is 0.797. The highest BCUT2D eigenvalue weighted by Crippen LogP contribution is 2.30. The number of nitrogens with one attached hydrogen (secondary N) is 1. The monoisotopic (exact) mass is 253 g/mol. The highest BCUT2D eigenvalue weighted by molar-refractivity contribution is 5.72. The zero-order valence-electron chi connectivity index (χ0n) is 12.2. The molecule has 0 fully saturated rings. The predicted molar refractivity (Wildman–Crippen MR) is 83.4 cm³/mol. The van der Waals surface area contributed by atoms with E-state index in [0.29, 0.717) is 0 Å². The van der Waals surface area contributed by atoms with Crippen molar-refractivity contribution in [3.63, 3.8) is 0 Å². The molecule has 0 unspecified atom stereocenters. The summed E-state index contributed by atoms with van der Waals surface area (Å²) < 4.78 is 0. The first-order valence-electron chi connectivity index (χ1n) is 7.24. The molecule has 1 nitrogen and oxygen atoms in total. The summed E-state index contributed by atoms with van der Waals surface area (Å²) in [6, 6.07) is 15.3. The average Bonchev–Trinajstić information content (AvgIpc) is 2.49. The summed E-state index contributed by atoms with van der Waals surface area (Å²) in [4.78, 5) is 0. The molecular formula is C18H23N. The SMILES string of the molecule is CC.Cc1ccccc1-c1cccc2c1CNCC2. The molecule has 0 bridgehead atoms. The van der Waals surface area contributed by atoms with E-state index in [0.717, 1.165) is 19.5 Å². The van der Waals surface area contributed by atoms with Crippen molar-refractivity contribution in [3.05, 3.63) is 59.2 Å². The second kappa shape index (κ2) is 6.53. The normalized spacial score (nSPS) is 13.2. The van der Waals surface area contributed by atoms with E-state index in [1.54, 1.807) is 0 Å². The molecule has 1 N–H and O–H groups in total. The molecule has 2 aromatic carbocycles. The number of fused-ring (bicyclic) bond motifs is 1. The summed E-state index contributed by atoms with van der Waals surface area (Å²) in [6.45, 7) is 8.29. The minimum absolute atomic E-state index is 1.000. The van der Waals surface area contributed by atoms with Gasteiger partial charge in [0.2, 0.25) is 0 Å². The topological polar surface area (TPSA) is 12.0 Å². The molecular weight excluding hydrogens is 230 g/mol. The van der Waals surface area contributed by atoms with Gasteiger partial charge in [0.05, 0.1) is 0 Å². The molecule has 3 rings (SSSR count). The van der Waals surface area contributed by atoms with Crippen LogP contribution in [0.2, 0.25) is 0 Å². The van der Waals surface area contributed by atoms with Crippen LogP contribution in [-0.2, 0) is 13.0 Å². The molecule has 0 amide bonds. The number of aryl methyl sites for hydroxylation is 1. The van der Waals surface area contributed by atoms with Crippen LogP contribution in [0.25, 0.3) is 11.1 Å². The molecule has 0 aromatic heterocycles. The summed E-state index contributed by atoms with van der Waals surface area (Å²) >= 11 is 0. The van der Waals surface area contributed by atoms with Crippen LogP contribution in [0.4, 0.5) is 0 Å². The second-order valence-electron chi connectivity index (χ2n) is 4.68. The molecule has 0 spiro atoms. The van der Waals surface area contributed by atoms with E-state index in [1.807, 2.05) is 13.8 Å². The first-order valence-corrected chi connectivity index (χ1v) is 7.24. The van der Waals surface area contributed by atoms with E-state index in [4.69, 9.17) is 0 Å².